The highest BCUT2D eigenvalue weighted by molar-refractivity contribution is 5.57. The Bertz CT molecular complexity index is 585. The van der Waals surface area contributed by atoms with E-state index in [1.807, 2.05) is 55.5 Å². The number of benzene rings is 1. The van der Waals surface area contributed by atoms with Gasteiger partial charge in [-0.2, -0.15) is 0 Å². The number of aromatic nitrogens is 1. The molecule has 1 aromatic carbocycles. The van der Waals surface area contributed by atoms with Crippen LogP contribution in [0, 0.1) is 6.92 Å². The Morgan fingerprint density at radius 2 is 1.89 bits per heavy atom. The number of rotatable bonds is 4. The summed E-state index contributed by atoms with van der Waals surface area (Å²) in [6, 6.07) is 12.0. The minimum absolute atomic E-state index is 0.918. The summed E-state index contributed by atoms with van der Waals surface area (Å²) in [5.74, 6) is 0.918. The van der Waals surface area contributed by atoms with Gasteiger partial charge in [0.15, 0.2) is 0 Å². The minimum atomic E-state index is 0.918. The summed E-state index contributed by atoms with van der Waals surface area (Å²) >= 11 is 0. The molecule has 0 saturated heterocycles. The van der Waals surface area contributed by atoms with Gasteiger partial charge in [-0.1, -0.05) is 30.4 Å². The number of aryl methyl sites for hydroxylation is 1. The van der Waals surface area contributed by atoms with E-state index < -0.39 is 0 Å². The fraction of sp³-hybridized carbons (Fsp3) is 0.118. The van der Waals surface area contributed by atoms with Gasteiger partial charge < -0.3 is 4.74 Å². The monoisotopic (exact) mass is 251 g/mol. The topological polar surface area (TPSA) is 22.1 Å². The zero-order valence-corrected chi connectivity index (χ0v) is 11.2. The second-order valence-electron chi connectivity index (χ2n) is 4.20. The normalized spacial score (nSPS) is 11.3. The lowest BCUT2D eigenvalue weighted by atomic mass is 10.1. The number of methoxy groups -OCH3 is 1. The van der Waals surface area contributed by atoms with Crippen LogP contribution >= 0.6 is 0 Å². The molecule has 0 fully saturated rings. The first-order chi connectivity index (χ1) is 9.29. The van der Waals surface area contributed by atoms with E-state index in [0.29, 0.717) is 0 Å². The molecule has 0 atom stereocenters. The van der Waals surface area contributed by atoms with Crippen LogP contribution in [0.25, 0.3) is 12.2 Å². The SMILES string of the molecule is COc1ccc(C=CC=Cc2ccccn2)cc1C. The zero-order valence-electron chi connectivity index (χ0n) is 11.2. The molecule has 2 heteroatoms. The predicted octanol–water partition coefficient (Wildman–Crippen LogP) is 4.13. The van der Waals surface area contributed by atoms with Crippen molar-refractivity contribution in [3.63, 3.8) is 0 Å². The lowest BCUT2D eigenvalue weighted by Crippen LogP contribution is -1.86. The molecule has 0 unspecified atom stereocenters. The van der Waals surface area contributed by atoms with Crippen molar-refractivity contribution < 1.29 is 4.74 Å². The van der Waals surface area contributed by atoms with Gasteiger partial charge in [0, 0.05) is 6.20 Å². The first kappa shape index (κ1) is 13.1. The maximum Gasteiger partial charge on any atom is 0.121 e. The number of pyridine rings is 1. The van der Waals surface area contributed by atoms with E-state index in [4.69, 9.17) is 4.74 Å². The Morgan fingerprint density at radius 3 is 2.58 bits per heavy atom. The molecule has 2 aromatic rings. The van der Waals surface area contributed by atoms with Gasteiger partial charge in [-0.3, -0.25) is 4.98 Å². The van der Waals surface area contributed by atoms with Crippen molar-refractivity contribution in [2.24, 2.45) is 0 Å². The summed E-state index contributed by atoms with van der Waals surface area (Å²) in [6.45, 7) is 2.04. The van der Waals surface area contributed by atoms with Crippen molar-refractivity contribution in [2.75, 3.05) is 7.11 Å². The Labute approximate surface area is 114 Å². The molecular weight excluding hydrogens is 234 g/mol. The predicted molar refractivity (Wildman–Crippen MR) is 80.0 cm³/mol. The van der Waals surface area contributed by atoms with Crippen molar-refractivity contribution in [1.82, 2.24) is 4.98 Å². The summed E-state index contributed by atoms with van der Waals surface area (Å²) in [7, 11) is 1.69. The van der Waals surface area contributed by atoms with Crippen molar-refractivity contribution in [2.45, 2.75) is 6.92 Å². The Balaban J connectivity index is 2.03. The van der Waals surface area contributed by atoms with Gasteiger partial charge in [0.2, 0.25) is 0 Å². The van der Waals surface area contributed by atoms with Crippen LogP contribution in [0.3, 0.4) is 0 Å². The van der Waals surface area contributed by atoms with Crippen LogP contribution in [0.1, 0.15) is 16.8 Å². The fourth-order valence-electron chi connectivity index (χ4n) is 1.80. The molecule has 96 valence electrons. The van der Waals surface area contributed by atoms with E-state index in [1.165, 1.54) is 0 Å². The zero-order chi connectivity index (χ0) is 13.5. The summed E-state index contributed by atoms with van der Waals surface area (Å²) in [6.07, 6.45) is 9.83. The molecule has 2 rings (SSSR count). The highest BCUT2D eigenvalue weighted by Gasteiger charge is 1.96. The van der Waals surface area contributed by atoms with Crippen LogP contribution < -0.4 is 4.74 Å². The average molecular weight is 251 g/mol. The third-order valence-corrected chi connectivity index (χ3v) is 2.77. The molecule has 0 aliphatic carbocycles. The van der Waals surface area contributed by atoms with Crippen molar-refractivity contribution in [1.29, 1.82) is 0 Å². The van der Waals surface area contributed by atoms with Gasteiger partial charge in [-0.15, -0.1) is 0 Å². The first-order valence-electron chi connectivity index (χ1n) is 6.20. The molecule has 0 radical (unpaired) electrons. The number of ether oxygens (including phenoxy) is 1. The molecule has 1 aromatic heterocycles. The van der Waals surface area contributed by atoms with Crippen molar-refractivity contribution in [3.05, 3.63) is 71.6 Å². The number of hydrogen-bond acceptors (Lipinski definition) is 2. The fourth-order valence-corrected chi connectivity index (χ4v) is 1.80. The third-order valence-electron chi connectivity index (χ3n) is 2.77. The lowest BCUT2D eigenvalue weighted by molar-refractivity contribution is 0.411. The Morgan fingerprint density at radius 1 is 1.05 bits per heavy atom. The summed E-state index contributed by atoms with van der Waals surface area (Å²) in [4.78, 5) is 4.22. The second kappa shape index (κ2) is 6.55. The standard InChI is InChI=1S/C17H17NO/c1-14-13-15(10-11-17(14)19-2)7-3-4-8-16-9-5-6-12-18-16/h3-13H,1-2H3. The van der Waals surface area contributed by atoms with E-state index in [1.54, 1.807) is 13.3 Å². The molecule has 0 aliphatic rings. The molecule has 0 spiro atoms. The Hall–Kier alpha value is -2.35. The molecule has 1 heterocycles. The van der Waals surface area contributed by atoms with Crippen LogP contribution in [0.2, 0.25) is 0 Å². The summed E-state index contributed by atoms with van der Waals surface area (Å²) in [5, 5.41) is 0. The molecule has 19 heavy (non-hydrogen) atoms. The van der Waals surface area contributed by atoms with Gasteiger partial charge in [-0.25, -0.2) is 0 Å². The minimum Gasteiger partial charge on any atom is -0.496 e. The van der Waals surface area contributed by atoms with E-state index in [9.17, 15) is 0 Å². The smallest absolute Gasteiger partial charge is 0.121 e. The average Bonchev–Trinajstić information content (AvgIpc) is 2.45. The molecule has 0 saturated carbocycles. The van der Waals surface area contributed by atoms with Gasteiger partial charge in [-0.05, 0) is 48.4 Å². The van der Waals surface area contributed by atoms with Crippen molar-refractivity contribution >= 4 is 12.2 Å². The molecule has 0 amide bonds. The second-order valence-corrected chi connectivity index (χ2v) is 4.20. The van der Waals surface area contributed by atoms with Crippen LogP contribution in [0.4, 0.5) is 0 Å². The van der Waals surface area contributed by atoms with Crippen LogP contribution in [0.15, 0.2) is 54.7 Å². The number of nitrogens with zero attached hydrogens (tertiary/aromatic N) is 1. The number of allylic oxidation sites excluding steroid dienone is 2. The maximum absolute atomic E-state index is 5.24. The third kappa shape index (κ3) is 3.81. The van der Waals surface area contributed by atoms with Gasteiger partial charge in [0.25, 0.3) is 0 Å². The summed E-state index contributed by atoms with van der Waals surface area (Å²) in [5.41, 5.74) is 3.25. The molecule has 2 nitrogen and oxygen atoms in total. The van der Waals surface area contributed by atoms with Crippen LogP contribution in [0.5, 0.6) is 5.75 Å². The molecule has 0 bridgehead atoms. The van der Waals surface area contributed by atoms with Crippen LogP contribution in [-0.2, 0) is 0 Å². The molecular formula is C17H17NO. The van der Waals surface area contributed by atoms with E-state index in [-0.39, 0.29) is 0 Å². The number of hydrogen-bond donors (Lipinski definition) is 0. The van der Waals surface area contributed by atoms with Gasteiger partial charge >= 0.3 is 0 Å². The highest BCUT2D eigenvalue weighted by atomic mass is 16.5. The molecule has 0 aliphatic heterocycles. The van der Waals surface area contributed by atoms with Gasteiger partial charge in [0.1, 0.15) is 5.75 Å². The Kier molecular flexibility index (Phi) is 4.51. The lowest BCUT2D eigenvalue weighted by Gasteiger charge is -2.04. The summed E-state index contributed by atoms with van der Waals surface area (Å²) < 4.78 is 5.24. The van der Waals surface area contributed by atoms with Crippen molar-refractivity contribution in [3.8, 4) is 5.75 Å². The quantitative estimate of drug-likeness (QED) is 0.762. The maximum atomic E-state index is 5.24. The molecule has 0 N–H and O–H groups in total. The van der Waals surface area contributed by atoms with Gasteiger partial charge in [0.05, 0.1) is 12.8 Å². The first-order valence-corrected chi connectivity index (χ1v) is 6.20. The highest BCUT2D eigenvalue weighted by Crippen LogP contribution is 2.19. The van der Waals surface area contributed by atoms with Crippen LogP contribution in [-0.4, -0.2) is 12.1 Å². The van der Waals surface area contributed by atoms with E-state index in [0.717, 1.165) is 22.6 Å². The largest absolute Gasteiger partial charge is 0.496 e. The van der Waals surface area contributed by atoms with E-state index >= 15 is 0 Å². The van der Waals surface area contributed by atoms with E-state index in [2.05, 4.69) is 17.1 Å².